The molecule has 0 atom stereocenters. The Morgan fingerprint density at radius 3 is 2.69 bits per heavy atom. The fraction of sp³-hybridized carbons (Fsp3) is 0.273. The lowest BCUT2D eigenvalue weighted by Gasteiger charge is -2.36. The van der Waals surface area contributed by atoms with E-state index in [-0.39, 0.29) is 5.63 Å². The van der Waals surface area contributed by atoms with Crippen LogP contribution in [-0.4, -0.2) is 41.1 Å². The standard InChI is InChI=1S/C22H22ClN3O2S/c1-15-11-21(27)28-20-13-18(5-6-19(15)20)24-22(29)26-9-7-25(8-10-26)14-16-3-2-4-17(23)12-16/h2-6,11-13H,7-10,14H2,1H3,(H,24,29). The summed E-state index contributed by atoms with van der Waals surface area (Å²) in [6.07, 6.45) is 0. The van der Waals surface area contributed by atoms with Crippen molar-refractivity contribution in [2.45, 2.75) is 13.5 Å². The highest BCUT2D eigenvalue weighted by Gasteiger charge is 2.19. The predicted molar refractivity (Wildman–Crippen MR) is 122 cm³/mol. The van der Waals surface area contributed by atoms with Gasteiger partial charge in [0.25, 0.3) is 0 Å². The van der Waals surface area contributed by atoms with Crippen molar-refractivity contribution in [3.05, 3.63) is 75.1 Å². The summed E-state index contributed by atoms with van der Waals surface area (Å²) in [5.41, 5.74) is 3.16. The molecule has 29 heavy (non-hydrogen) atoms. The maximum atomic E-state index is 11.6. The molecule has 4 rings (SSSR count). The van der Waals surface area contributed by atoms with Crippen LogP contribution in [-0.2, 0) is 6.54 Å². The third kappa shape index (κ3) is 4.78. The van der Waals surface area contributed by atoms with Crippen molar-refractivity contribution in [3.8, 4) is 0 Å². The Kier molecular flexibility index (Phi) is 5.85. The number of nitrogens with zero attached hydrogens (tertiary/aromatic N) is 2. The minimum atomic E-state index is -0.342. The van der Waals surface area contributed by atoms with Gasteiger partial charge in [-0.15, -0.1) is 0 Å². The first-order valence-electron chi connectivity index (χ1n) is 9.55. The van der Waals surface area contributed by atoms with Gasteiger partial charge in [0, 0.05) is 61.0 Å². The highest BCUT2D eigenvalue weighted by Crippen LogP contribution is 2.21. The number of fused-ring (bicyclic) bond motifs is 1. The van der Waals surface area contributed by atoms with Crippen molar-refractivity contribution in [2.75, 3.05) is 31.5 Å². The average molecular weight is 428 g/mol. The van der Waals surface area contributed by atoms with Gasteiger partial charge in [-0.25, -0.2) is 4.79 Å². The van der Waals surface area contributed by atoms with E-state index in [2.05, 4.69) is 21.2 Å². The number of anilines is 1. The van der Waals surface area contributed by atoms with Gasteiger partial charge in [0.2, 0.25) is 0 Å². The largest absolute Gasteiger partial charge is 0.423 e. The molecule has 0 radical (unpaired) electrons. The molecule has 3 aromatic rings. The smallest absolute Gasteiger partial charge is 0.336 e. The molecule has 0 unspecified atom stereocenters. The summed E-state index contributed by atoms with van der Waals surface area (Å²) < 4.78 is 5.32. The molecule has 0 amide bonds. The highest BCUT2D eigenvalue weighted by molar-refractivity contribution is 7.80. The van der Waals surface area contributed by atoms with Crippen LogP contribution in [0.1, 0.15) is 11.1 Å². The Morgan fingerprint density at radius 2 is 1.93 bits per heavy atom. The SMILES string of the molecule is Cc1cc(=O)oc2cc(NC(=S)N3CCN(Cc4cccc(Cl)c4)CC3)ccc12. The van der Waals surface area contributed by atoms with Gasteiger partial charge in [-0.1, -0.05) is 23.7 Å². The van der Waals surface area contributed by atoms with E-state index in [1.807, 2.05) is 43.3 Å². The Labute approximate surface area is 179 Å². The normalized spacial score (nSPS) is 14.9. The third-order valence-electron chi connectivity index (χ3n) is 5.16. The Morgan fingerprint density at radius 1 is 1.14 bits per heavy atom. The first-order chi connectivity index (χ1) is 14.0. The maximum absolute atomic E-state index is 11.6. The summed E-state index contributed by atoms with van der Waals surface area (Å²) in [7, 11) is 0. The van der Waals surface area contributed by atoms with E-state index >= 15 is 0 Å². The lowest BCUT2D eigenvalue weighted by atomic mass is 10.1. The summed E-state index contributed by atoms with van der Waals surface area (Å²) in [5, 5.41) is 5.65. The van der Waals surface area contributed by atoms with E-state index < -0.39 is 0 Å². The highest BCUT2D eigenvalue weighted by atomic mass is 35.5. The molecule has 0 bridgehead atoms. The first kappa shape index (κ1) is 19.9. The fourth-order valence-corrected chi connectivity index (χ4v) is 4.12. The summed E-state index contributed by atoms with van der Waals surface area (Å²) in [6.45, 7) is 6.36. The Balaban J connectivity index is 1.36. The van der Waals surface area contributed by atoms with E-state index in [9.17, 15) is 4.79 Å². The molecule has 2 aromatic carbocycles. The van der Waals surface area contributed by atoms with Crippen LogP contribution in [0.3, 0.4) is 0 Å². The van der Waals surface area contributed by atoms with Gasteiger partial charge in [-0.2, -0.15) is 0 Å². The molecule has 2 heterocycles. The lowest BCUT2D eigenvalue weighted by Crippen LogP contribution is -2.49. The topological polar surface area (TPSA) is 48.7 Å². The van der Waals surface area contributed by atoms with Crippen LogP contribution in [0.15, 0.2) is 57.7 Å². The van der Waals surface area contributed by atoms with Crippen molar-refractivity contribution in [1.82, 2.24) is 9.80 Å². The zero-order valence-corrected chi connectivity index (χ0v) is 17.7. The number of hydrogen-bond donors (Lipinski definition) is 1. The molecule has 150 valence electrons. The number of hydrogen-bond acceptors (Lipinski definition) is 4. The van der Waals surface area contributed by atoms with E-state index in [4.69, 9.17) is 28.2 Å². The van der Waals surface area contributed by atoms with Gasteiger partial charge in [0.15, 0.2) is 5.11 Å². The first-order valence-corrected chi connectivity index (χ1v) is 10.3. The number of rotatable bonds is 3. The summed E-state index contributed by atoms with van der Waals surface area (Å²) in [4.78, 5) is 16.2. The number of benzene rings is 2. The number of nitrogens with one attached hydrogen (secondary N) is 1. The van der Waals surface area contributed by atoms with Gasteiger partial charge in [-0.3, -0.25) is 4.90 Å². The van der Waals surface area contributed by atoms with Crippen LogP contribution in [0.2, 0.25) is 5.02 Å². The summed E-state index contributed by atoms with van der Waals surface area (Å²) >= 11 is 11.7. The fourth-order valence-electron chi connectivity index (χ4n) is 3.61. The quantitative estimate of drug-likeness (QED) is 0.497. The van der Waals surface area contributed by atoms with Gasteiger partial charge in [-0.05, 0) is 54.5 Å². The average Bonchev–Trinajstić information content (AvgIpc) is 2.68. The van der Waals surface area contributed by atoms with Gasteiger partial charge >= 0.3 is 5.63 Å². The van der Waals surface area contributed by atoms with E-state index in [0.29, 0.717) is 10.7 Å². The predicted octanol–water partition coefficient (Wildman–Crippen LogP) is 4.27. The number of aryl methyl sites for hydroxylation is 1. The maximum Gasteiger partial charge on any atom is 0.336 e. The van der Waals surface area contributed by atoms with E-state index in [0.717, 1.165) is 54.4 Å². The van der Waals surface area contributed by atoms with Gasteiger partial charge in [0.05, 0.1) is 0 Å². The lowest BCUT2D eigenvalue weighted by molar-refractivity contribution is 0.177. The molecule has 1 aliphatic rings. The molecule has 1 aliphatic heterocycles. The van der Waals surface area contributed by atoms with Crippen molar-refractivity contribution in [3.63, 3.8) is 0 Å². The zero-order valence-electron chi connectivity index (χ0n) is 16.2. The molecule has 1 aromatic heterocycles. The molecule has 0 aliphatic carbocycles. The van der Waals surface area contributed by atoms with Crippen LogP contribution in [0.4, 0.5) is 5.69 Å². The van der Waals surface area contributed by atoms with Gasteiger partial charge < -0.3 is 14.6 Å². The van der Waals surface area contributed by atoms with Crippen LogP contribution in [0, 0.1) is 6.92 Å². The van der Waals surface area contributed by atoms with Gasteiger partial charge in [0.1, 0.15) is 5.58 Å². The monoisotopic (exact) mass is 427 g/mol. The molecule has 7 heteroatoms. The molecule has 0 spiro atoms. The molecule has 1 N–H and O–H groups in total. The van der Waals surface area contributed by atoms with Crippen LogP contribution in [0.25, 0.3) is 11.0 Å². The zero-order chi connectivity index (χ0) is 20.4. The van der Waals surface area contributed by atoms with Crippen LogP contribution < -0.4 is 10.9 Å². The molecule has 0 saturated carbocycles. The third-order valence-corrected chi connectivity index (χ3v) is 5.75. The molecular weight excluding hydrogens is 406 g/mol. The minimum Gasteiger partial charge on any atom is -0.423 e. The second kappa shape index (κ2) is 8.53. The number of thiocarbonyl (C=S) groups is 1. The molecule has 1 saturated heterocycles. The molecule has 1 fully saturated rings. The second-order valence-electron chi connectivity index (χ2n) is 7.28. The van der Waals surface area contributed by atoms with Crippen LogP contribution in [0.5, 0.6) is 0 Å². The molecule has 5 nitrogen and oxygen atoms in total. The van der Waals surface area contributed by atoms with Crippen molar-refractivity contribution < 1.29 is 4.42 Å². The minimum absolute atomic E-state index is 0.342. The van der Waals surface area contributed by atoms with Crippen molar-refractivity contribution >= 4 is 45.6 Å². The second-order valence-corrected chi connectivity index (χ2v) is 8.11. The van der Waals surface area contributed by atoms with Crippen LogP contribution >= 0.6 is 23.8 Å². The number of piperazine rings is 1. The summed E-state index contributed by atoms with van der Waals surface area (Å²) in [6, 6.07) is 15.2. The Hall–Kier alpha value is -2.41. The summed E-state index contributed by atoms with van der Waals surface area (Å²) in [5.74, 6) is 0. The molecular formula is C22H22ClN3O2S. The van der Waals surface area contributed by atoms with Crippen molar-refractivity contribution in [2.24, 2.45) is 0 Å². The Bertz CT molecular complexity index is 1110. The van der Waals surface area contributed by atoms with E-state index in [1.54, 1.807) is 0 Å². The van der Waals surface area contributed by atoms with Crippen molar-refractivity contribution in [1.29, 1.82) is 0 Å². The van der Waals surface area contributed by atoms with E-state index in [1.165, 1.54) is 11.6 Å². The number of halogens is 1.